The molecule has 0 N–H and O–H groups in total. The maximum absolute atomic E-state index is 12.8. The van der Waals surface area contributed by atoms with Gasteiger partial charge in [0, 0.05) is 40.3 Å². The van der Waals surface area contributed by atoms with E-state index in [1.807, 2.05) is 42.7 Å². The third kappa shape index (κ3) is 4.12. The molecule has 1 aliphatic rings. The Morgan fingerprint density at radius 1 is 1.06 bits per heavy atom. The molecule has 166 valence electrons. The molecule has 0 saturated heterocycles. The second-order valence-electron chi connectivity index (χ2n) is 7.20. The fourth-order valence-electron chi connectivity index (χ4n) is 3.66. The largest absolute Gasteiger partial charge is 0.497 e. The van der Waals surface area contributed by atoms with Gasteiger partial charge in [-0.05, 0) is 44.2 Å². The molecule has 8 heteroatoms. The molecule has 4 rings (SSSR count). The van der Waals surface area contributed by atoms with Gasteiger partial charge in [0.1, 0.15) is 11.5 Å². The number of ketones is 1. The number of hydrogen-bond acceptors (Lipinski definition) is 7. The van der Waals surface area contributed by atoms with Gasteiger partial charge in [0.2, 0.25) is 12.6 Å². The van der Waals surface area contributed by atoms with E-state index in [-0.39, 0.29) is 19.2 Å². The Bertz CT molecular complexity index is 1180. The zero-order valence-electron chi connectivity index (χ0n) is 18.4. The summed E-state index contributed by atoms with van der Waals surface area (Å²) < 4.78 is 23.4. The molecule has 0 spiro atoms. The molecule has 2 heterocycles. The number of fused-ring (bicyclic) bond motifs is 1. The van der Waals surface area contributed by atoms with Crippen LogP contribution in [0.15, 0.2) is 47.6 Å². The van der Waals surface area contributed by atoms with Crippen molar-refractivity contribution in [1.29, 1.82) is 0 Å². The van der Waals surface area contributed by atoms with Gasteiger partial charge in [-0.15, -0.1) is 0 Å². The predicted molar refractivity (Wildman–Crippen MR) is 119 cm³/mol. The van der Waals surface area contributed by atoms with Crippen LogP contribution >= 0.6 is 0 Å². The van der Waals surface area contributed by atoms with Crippen LogP contribution in [0, 0.1) is 13.8 Å². The number of benzene rings is 2. The van der Waals surface area contributed by atoms with E-state index < -0.39 is 0 Å². The van der Waals surface area contributed by atoms with E-state index >= 15 is 0 Å². The molecule has 0 fully saturated rings. The fourth-order valence-corrected chi connectivity index (χ4v) is 3.66. The van der Waals surface area contributed by atoms with Crippen LogP contribution in [0.5, 0.6) is 23.0 Å². The third-order valence-electron chi connectivity index (χ3n) is 5.25. The van der Waals surface area contributed by atoms with Crippen molar-refractivity contribution in [3.63, 3.8) is 0 Å². The first-order valence-corrected chi connectivity index (χ1v) is 10.0. The van der Waals surface area contributed by atoms with E-state index in [9.17, 15) is 4.79 Å². The zero-order valence-corrected chi connectivity index (χ0v) is 18.4. The summed E-state index contributed by atoms with van der Waals surface area (Å²) in [5, 5.41) is 3.92. The second-order valence-corrected chi connectivity index (χ2v) is 7.20. The van der Waals surface area contributed by atoms with Gasteiger partial charge in [-0.3, -0.25) is 4.79 Å². The number of oxime groups is 1. The lowest BCUT2D eigenvalue weighted by atomic mass is 10.1. The van der Waals surface area contributed by atoms with Crippen LogP contribution in [0.1, 0.15) is 27.3 Å². The van der Waals surface area contributed by atoms with Gasteiger partial charge < -0.3 is 28.4 Å². The van der Waals surface area contributed by atoms with Crippen LogP contribution in [-0.2, 0) is 4.84 Å². The highest BCUT2D eigenvalue weighted by atomic mass is 16.7. The molecule has 0 aliphatic carbocycles. The van der Waals surface area contributed by atoms with Gasteiger partial charge >= 0.3 is 0 Å². The Kier molecular flexibility index (Phi) is 6.02. The summed E-state index contributed by atoms with van der Waals surface area (Å²) in [5.41, 5.74) is 3.93. The topological polar surface area (TPSA) is 80.5 Å². The van der Waals surface area contributed by atoms with Gasteiger partial charge in [0.05, 0.1) is 20.4 Å². The lowest BCUT2D eigenvalue weighted by molar-refractivity contribution is 0.0778. The Morgan fingerprint density at radius 3 is 2.66 bits per heavy atom. The normalized spacial score (nSPS) is 12.2. The summed E-state index contributed by atoms with van der Waals surface area (Å²) in [6.45, 7) is 3.88. The van der Waals surface area contributed by atoms with Crippen LogP contribution in [0.4, 0.5) is 0 Å². The predicted octanol–water partition coefficient (Wildman–Crippen LogP) is 4.07. The number of carbonyl (C=O) groups excluding carboxylic acids is 1. The van der Waals surface area contributed by atoms with E-state index in [1.54, 1.807) is 32.4 Å². The number of aryl methyl sites for hydroxylation is 1. The van der Waals surface area contributed by atoms with E-state index in [0.717, 1.165) is 17.1 Å². The number of methoxy groups -OCH3 is 2. The summed E-state index contributed by atoms with van der Waals surface area (Å²) in [7, 11) is 3.15. The number of rotatable bonds is 8. The fraction of sp³-hybridized carbons (Fsp3) is 0.250. The van der Waals surface area contributed by atoms with Crippen molar-refractivity contribution in [2.24, 2.45) is 5.16 Å². The molecular formula is C24H24N2O6. The molecule has 0 atom stereocenters. The van der Waals surface area contributed by atoms with E-state index in [2.05, 4.69) is 5.16 Å². The third-order valence-corrected chi connectivity index (χ3v) is 5.25. The lowest BCUT2D eigenvalue weighted by Crippen LogP contribution is -2.09. The number of Topliss-reactive ketones (excluding diaryl/α,β-unsaturated/α-hetero) is 1. The summed E-state index contributed by atoms with van der Waals surface area (Å²) in [5.74, 6) is 2.51. The highest BCUT2D eigenvalue weighted by molar-refractivity contribution is 5.98. The number of aromatic nitrogens is 1. The average Bonchev–Trinajstić information content (AvgIpc) is 3.39. The molecule has 3 aromatic rings. The average molecular weight is 436 g/mol. The van der Waals surface area contributed by atoms with Crippen LogP contribution in [0.3, 0.4) is 0 Å². The van der Waals surface area contributed by atoms with Crippen molar-refractivity contribution in [1.82, 2.24) is 4.57 Å². The molecule has 0 saturated carbocycles. The first-order valence-electron chi connectivity index (χ1n) is 10.0. The summed E-state index contributed by atoms with van der Waals surface area (Å²) in [4.78, 5) is 18.0. The minimum atomic E-state index is -0.180. The minimum Gasteiger partial charge on any atom is -0.497 e. The molecule has 1 aromatic heterocycles. The number of ether oxygens (including phenoxy) is 4. The van der Waals surface area contributed by atoms with Crippen LogP contribution in [0.2, 0.25) is 0 Å². The van der Waals surface area contributed by atoms with Gasteiger partial charge in [0.15, 0.2) is 18.1 Å². The SMILES string of the molecule is COc1ccc(/C=N\OCC(=O)c2cc(C)n(-c3ccc4c(c3)OCO4)c2C)c(OC)c1. The molecule has 0 radical (unpaired) electrons. The summed E-state index contributed by atoms with van der Waals surface area (Å²) in [6, 6.07) is 12.9. The lowest BCUT2D eigenvalue weighted by Gasteiger charge is -2.10. The quantitative estimate of drug-likeness (QED) is 0.301. The summed E-state index contributed by atoms with van der Waals surface area (Å²) in [6.07, 6.45) is 1.50. The molecule has 32 heavy (non-hydrogen) atoms. The van der Waals surface area contributed by atoms with E-state index in [1.165, 1.54) is 6.21 Å². The van der Waals surface area contributed by atoms with Gasteiger partial charge in [-0.2, -0.15) is 0 Å². The molecule has 0 amide bonds. The van der Waals surface area contributed by atoms with Crippen molar-refractivity contribution in [2.75, 3.05) is 27.6 Å². The van der Waals surface area contributed by atoms with Crippen LogP contribution in [-0.4, -0.2) is 44.2 Å². The minimum absolute atomic E-state index is 0.163. The van der Waals surface area contributed by atoms with Crippen molar-refractivity contribution >= 4 is 12.0 Å². The first kappa shape index (κ1) is 21.3. The van der Waals surface area contributed by atoms with E-state index in [4.69, 9.17) is 23.8 Å². The Labute approximate surface area is 185 Å². The zero-order chi connectivity index (χ0) is 22.7. The van der Waals surface area contributed by atoms with Crippen molar-refractivity contribution in [3.05, 3.63) is 65.0 Å². The number of carbonyl (C=O) groups is 1. The number of nitrogens with zero attached hydrogens (tertiary/aromatic N) is 2. The second kappa shape index (κ2) is 9.05. The van der Waals surface area contributed by atoms with Crippen LogP contribution in [0.25, 0.3) is 5.69 Å². The monoisotopic (exact) mass is 436 g/mol. The molecule has 8 nitrogen and oxygen atoms in total. The van der Waals surface area contributed by atoms with Gasteiger partial charge in [-0.25, -0.2) is 0 Å². The van der Waals surface area contributed by atoms with Crippen molar-refractivity contribution in [2.45, 2.75) is 13.8 Å². The first-order chi connectivity index (χ1) is 15.5. The smallest absolute Gasteiger partial charge is 0.231 e. The van der Waals surface area contributed by atoms with Crippen molar-refractivity contribution < 1.29 is 28.6 Å². The molecule has 2 aromatic carbocycles. The van der Waals surface area contributed by atoms with E-state index in [0.29, 0.717) is 34.1 Å². The highest BCUT2D eigenvalue weighted by Gasteiger charge is 2.19. The summed E-state index contributed by atoms with van der Waals surface area (Å²) >= 11 is 0. The Hall–Kier alpha value is -3.94. The van der Waals surface area contributed by atoms with Gasteiger partial charge in [-0.1, -0.05) is 5.16 Å². The Morgan fingerprint density at radius 2 is 1.88 bits per heavy atom. The Balaban J connectivity index is 1.46. The molecule has 1 aliphatic heterocycles. The van der Waals surface area contributed by atoms with Gasteiger partial charge in [0.25, 0.3) is 0 Å². The maximum atomic E-state index is 12.8. The highest BCUT2D eigenvalue weighted by Crippen LogP contribution is 2.35. The molecular weight excluding hydrogens is 412 g/mol. The molecule has 0 unspecified atom stereocenters. The maximum Gasteiger partial charge on any atom is 0.231 e. The molecule has 0 bridgehead atoms. The standard InChI is InChI=1S/C24H24N2O6/c1-15-9-20(16(2)26(15)18-6-8-22-24(10-18)31-14-30-22)21(27)13-32-25-12-17-5-7-19(28-3)11-23(17)29-4/h5-12H,13-14H2,1-4H3/b25-12-. The number of hydrogen-bond donors (Lipinski definition) is 0. The van der Waals surface area contributed by atoms with Crippen LogP contribution < -0.4 is 18.9 Å². The van der Waals surface area contributed by atoms with Crippen molar-refractivity contribution in [3.8, 4) is 28.7 Å².